The monoisotopic (exact) mass is 367 g/mol. The van der Waals surface area contributed by atoms with Gasteiger partial charge in [-0.25, -0.2) is 0 Å². The normalized spacial score (nSPS) is 19.7. The minimum absolute atomic E-state index is 0. The van der Waals surface area contributed by atoms with E-state index in [2.05, 4.69) is 10.2 Å². The van der Waals surface area contributed by atoms with E-state index in [4.69, 9.17) is 11.6 Å². The van der Waals surface area contributed by atoms with E-state index >= 15 is 0 Å². The van der Waals surface area contributed by atoms with Crippen LogP contribution in [-0.2, 0) is 0 Å². The molecule has 0 aromatic heterocycles. The van der Waals surface area contributed by atoms with Gasteiger partial charge in [0.1, 0.15) is 5.02 Å². The fourth-order valence-corrected chi connectivity index (χ4v) is 3.19. The first-order valence-corrected chi connectivity index (χ1v) is 7.43. The molecular formula is C14H20Cl3N3O2. The van der Waals surface area contributed by atoms with Gasteiger partial charge in [0.15, 0.2) is 0 Å². The van der Waals surface area contributed by atoms with Crippen molar-refractivity contribution in [2.75, 3.05) is 26.2 Å². The molecule has 8 heteroatoms. The van der Waals surface area contributed by atoms with E-state index in [1.165, 1.54) is 12.8 Å². The summed E-state index contributed by atoms with van der Waals surface area (Å²) < 4.78 is 0. The average molecular weight is 369 g/mol. The summed E-state index contributed by atoms with van der Waals surface area (Å²) in [5.41, 5.74) is 1.05. The van der Waals surface area contributed by atoms with Crippen LogP contribution in [0.1, 0.15) is 24.4 Å². The molecule has 1 aromatic rings. The van der Waals surface area contributed by atoms with Crippen molar-refractivity contribution in [1.29, 1.82) is 0 Å². The fourth-order valence-electron chi connectivity index (χ4n) is 3.01. The van der Waals surface area contributed by atoms with Crippen LogP contribution in [0.2, 0.25) is 5.02 Å². The van der Waals surface area contributed by atoms with Gasteiger partial charge in [-0.3, -0.25) is 15.0 Å². The number of hydrogen-bond acceptors (Lipinski definition) is 4. The highest BCUT2D eigenvalue weighted by molar-refractivity contribution is 6.32. The fraction of sp³-hybridized carbons (Fsp3) is 0.571. The summed E-state index contributed by atoms with van der Waals surface area (Å²) in [6, 6.07) is 5.56. The van der Waals surface area contributed by atoms with Crippen molar-refractivity contribution >= 4 is 42.1 Å². The highest BCUT2D eigenvalue weighted by atomic mass is 35.5. The van der Waals surface area contributed by atoms with Gasteiger partial charge in [-0.15, -0.1) is 24.8 Å². The summed E-state index contributed by atoms with van der Waals surface area (Å²) in [4.78, 5) is 13.1. The molecule has 1 heterocycles. The van der Waals surface area contributed by atoms with Crippen LogP contribution < -0.4 is 5.32 Å². The van der Waals surface area contributed by atoms with E-state index in [0.717, 1.165) is 31.7 Å². The zero-order chi connectivity index (χ0) is 14.1. The third-order valence-electron chi connectivity index (χ3n) is 4.12. The molecule has 1 aromatic carbocycles. The molecular weight excluding hydrogens is 349 g/mol. The Bertz CT molecular complexity index is 520. The Kier molecular flexibility index (Phi) is 7.35. The first-order valence-electron chi connectivity index (χ1n) is 7.05. The molecule has 124 valence electrons. The van der Waals surface area contributed by atoms with Crippen molar-refractivity contribution in [2.45, 2.75) is 18.9 Å². The average Bonchev–Trinajstić information content (AvgIpc) is 3.26. The number of nitro groups is 1. The molecule has 0 spiro atoms. The van der Waals surface area contributed by atoms with Crippen molar-refractivity contribution < 1.29 is 4.92 Å². The van der Waals surface area contributed by atoms with Crippen LogP contribution in [0.5, 0.6) is 0 Å². The zero-order valence-electron chi connectivity index (χ0n) is 12.0. The molecule has 22 heavy (non-hydrogen) atoms. The van der Waals surface area contributed by atoms with Gasteiger partial charge >= 0.3 is 0 Å². The molecule has 5 nitrogen and oxygen atoms in total. The molecule has 2 aliphatic rings. The summed E-state index contributed by atoms with van der Waals surface area (Å²) >= 11 is 5.91. The van der Waals surface area contributed by atoms with Crippen LogP contribution in [0.4, 0.5) is 5.69 Å². The predicted octanol–water partition coefficient (Wildman–Crippen LogP) is 3.45. The topological polar surface area (TPSA) is 58.4 Å². The lowest BCUT2D eigenvalue weighted by atomic mass is 9.99. The van der Waals surface area contributed by atoms with Crippen LogP contribution in [0.25, 0.3) is 0 Å². The van der Waals surface area contributed by atoms with Crippen molar-refractivity contribution in [3.8, 4) is 0 Å². The SMILES string of the molecule is Cl.Cl.O=[N+]([O-])c1cc([C@H](C2CC2)N2CCNCC2)ccc1Cl. The molecule has 1 saturated carbocycles. The van der Waals surface area contributed by atoms with E-state index in [1.807, 2.05) is 6.07 Å². The lowest BCUT2D eigenvalue weighted by Crippen LogP contribution is -2.45. The highest BCUT2D eigenvalue weighted by Gasteiger charge is 2.37. The van der Waals surface area contributed by atoms with Crippen molar-refractivity contribution in [3.05, 3.63) is 38.9 Å². The minimum atomic E-state index is -0.395. The Labute approximate surface area is 147 Å². The number of halogens is 3. The highest BCUT2D eigenvalue weighted by Crippen LogP contribution is 2.45. The van der Waals surface area contributed by atoms with E-state index in [9.17, 15) is 10.1 Å². The van der Waals surface area contributed by atoms with Gasteiger partial charge in [0.2, 0.25) is 0 Å². The van der Waals surface area contributed by atoms with Gasteiger partial charge in [-0.1, -0.05) is 17.7 Å². The number of benzene rings is 1. The largest absolute Gasteiger partial charge is 0.314 e. The lowest BCUT2D eigenvalue weighted by molar-refractivity contribution is -0.384. The Morgan fingerprint density at radius 1 is 1.27 bits per heavy atom. The summed E-state index contributed by atoms with van der Waals surface area (Å²) in [6.07, 6.45) is 2.43. The van der Waals surface area contributed by atoms with E-state index < -0.39 is 4.92 Å². The van der Waals surface area contributed by atoms with E-state index in [0.29, 0.717) is 12.0 Å². The molecule has 1 saturated heterocycles. The Balaban J connectivity index is 0.00000121. The number of nitro benzene ring substituents is 1. The van der Waals surface area contributed by atoms with Gasteiger partial charge in [0, 0.05) is 38.3 Å². The number of hydrogen-bond donors (Lipinski definition) is 1. The van der Waals surface area contributed by atoms with Crippen LogP contribution in [0.3, 0.4) is 0 Å². The number of nitrogens with zero attached hydrogens (tertiary/aromatic N) is 2. The number of piperazine rings is 1. The maximum Gasteiger partial charge on any atom is 0.288 e. The minimum Gasteiger partial charge on any atom is -0.314 e. The number of rotatable bonds is 4. The zero-order valence-corrected chi connectivity index (χ0v) is 14.4. The van der Waals surface area contributed by atoms with Gasteiger partial charge < -0.3 is 5.32 Å². The molecule has 1 aliphatic heterocycles. The summed E-state index contributed by atoms with van der Waals surface area (Å²) in [7, 11) is 0. The molecule has 1 N–H and O–H groups in total. The van der Waals surface area contributed by atoms with Gasteiger partial charge in [0.25, 0.3) is 5.69 Å². The summed E-state index contributed by atoms with van der Waals surface area (Å²) in [6.45, 7) is 3.97. The second kappa shape index (κ2) is 8.31. The Morgan fingerprint density at radius 3 is 2.45 bits per heavy atom. The first-order chi connectivity index (χ1) is 9.66. The summed E-state index contributed by atoms with van der Waals surface area (Å²) in [5.74, 6) is 0.633. The lowest BCUT2D eigenvalue weighted by Gasteiger charge is -2.35. The number of nitrogens with one attached hydrogen (secondary N) is 1. The molecule has 3 rings (SSSR count). The predicted molar refractivity (Wildman–Crippen MR) is 92.5 cm³/mol. The molecule has 0 amide bonds. The third kappa shape index (κ3) is 4.24. The molecule has 0 bridgehead atoms. The van der Waals surface area contributed by atoms with Crippen LogP contribution in [0, 0.1) is 16.0 Å². The first kappa shape index (κ1) is 19.5. The van der Waals surface area contributed by atoms with Crippen LogP contribution >= 0.6 is 36.4 Å². The Morgan fingerprint density at radius 2 is 1.91 bits per heavy atom. The standard InChI is InChI=1S/C14H18ClN3O2.2ClH/c15-12-4-3-11(9-13(12)18(19)20)14(10-1-2-10)17-7-5-16-6-8-17;;/h3-4,9-10,14,16H,1-2,5-8H2;2*1H/t14-;;/m0../s1. The third-order valence-corrected chi connectivity index (χ3v) is 4.44. The molecule has 1 aliphatic carbocycles. The van der Waals surface area contributed by atoms with Gasteiger partial charge in [-0.05, 0) is 30.4 Å². The Hall–Kier alpha value is -0.590. The van der Waals surface area contributed by atoms with Crippen molar-refractivity contribution in [3.63, 3.8) is 0 Å². The van der Waals surface area contributed by atoms with Crippen LogP contribution in [-0.4, -0.2) is 36.0 Å². The van der Waals surface area contributed by atoms with Crippen molar-refractivity contribution in [2.24, 2.45) is 5.92 Å². The van der Waals surface area contributed by atoms with Crippen molar-refractivity contribution in [1.82, 2.24) is 10.2 Å². The van der Waals surface area contributed by atoms with Gasteiger partial charge in [0.05, 0.1) is 4.92 Å². The molecule has 0 unspecified atom stereocenters. The molecule has 2 fully saturated rings. The van der Waals surface area contributed by atoms with E-state index in [1.54, 1.807) is 12.1 Å². The quantitative estimate of drug-likeness (QED) is 0.653. The van der Waals surface area contributed by atoms with Gasteiger partial charge in [-0.2, -0.15) is 0 Å². The maximum absolute atomic E-state index is 11.1. The maximum atomic E-state index is 11.1. The van der Waals surface area contributed by atoms with Crippen LogP contribution in [0.15, 0.2) is 18.2 Å². The second-order valence-electron chi connectivity index (χ2n) is 5.54. The van der Waals surface area contributed by atoms with E-state index in [-0.39, 0.29) is 35.5 Å². The molecule has 0 radical (unpaired) electrons. The smallest absolute Gasteiger partial charge is 0.288 e. The molecule has 1 atom stereocenters. The summed E-state index contributed by atoms with van der Waals surface area (Å²) in [5, 5.41) is 14.6. The second-order valence-corrected chi connectivity index (χ2v) is 5.94.